The van der Waals surface area contributed by atoms with Gasteiger partial charge < -0.3 is 19.7 Å². The molecule has 32 heavy (non-hydrogen) atoms. The Morgan fingerprint density at radius 2 is 1.78 bits per heavy atom. The maximum Gasteiger partial charge on any atom is 0.288 e. The van der Waals surface area contributed by atoms with Crippen LogP contribution >= 0.6 is 11.8 Å². The molecule has 0 spiro atoms. The maximum atomic E-state index is 12.8. The Bertz CT molecular complexity index is 983. The lowest BCUT2D eigenvalue weighted by molar-refractivity contribution is 0.0634. The fraction of sp³-hybridized carbons (Fsp3) is 0.364. The quantitative estimate of drug-likeness (QED) is 0.637. The zero-order chi connectivity index (χ0) is 22.5. The summed E-state index contributed by atoms with van der Waals surface area (Å²) in [6, 6.07) is 11.5. The molecule has 2 aliphatic heterocycles. The van der Waals surface area contributed by atoms with Crippen molar-refractivity contribution in [2.45, 2.75) is 10.7 Å². The number of amides is 2. The first-order valence-electron chi connectivity index (χ1n) is 10.2. The normalized spacial score (nSPS) is 15.8. The molecule has 0 aliphatic carbocycles. The molecule has 0 radical (unpaired) electrons. The molecule has 2 amide bonds. The third-order valence-electron chi connectivity index (χ3n) is 5.34. The molecule has 170 valence electrons. The lowest BCUT2D eigenvalue weighted by atomic mass is 10.1. The number of hydrogen-bond donors (Lipinski definition) is 1. The number of carbonyl (C=O) groups is 2. The van der Waals surface area contributed by atoms with E-state index in [1.54, 1.807) is 47.4 Å². The lowest BCUT2D eigenvalue weighted by Gasteiger charge is -2.35. The van der Waals surface area contributed by atoms with Crippen LogP contribution < -0.4 is 14.8 Å². The second-order valence-electron chi connectivity index (χ2n) is 7.33. The van der Waals surface area contributed by atoms with E-state index in [4.69, 9.17) is 9.47 Å². The predicted octanol–water partition coefficient (Wildman–Crippen LogP) is 2.92. The van der Waals surface area contributed by atoms with Crippen molar-refractivity contribution in [1.82, 2.24) is 15.1 Å². The number of halogens is 2. The highest BCUT2D eigenvalue weighted by Crippen LogP contribution is 2.32. The van der Waals surface area contributed by atoms with Gasteiger partial charge in [-0.05, 0) is 30.3 Å². The zero-order valence-electron chi connectivity index (χ0n) is 17.3. The van der Waals surface area contributed by atoms with E-state index in [1.807, 2.05) is 0 Å². The van der Waals surface area contributed by atoms with Gasteiger partial charge >= 0.3 is 0 Å². The number of thioether (sulfide) groups is 1. The molecule has 0 saturated carbocycles. The summed E-state index contributed by atoms with van der Waals surface area (Å²) in [5.41, 5.74) is 0.812. The summed E-state index contributed by atoms with van der Waals surface area (Å²) in [5, 5.41) is 2.89. The van der Waals surface area contributed by atoms with Gasteiger partial charge in [-0.25, -0.2) is 0 Å². The fourth-order valence-electron chi connectivity index (χ4n) is 3.65. The van der Waals surface area contributed by atoms with E-state index in [9.17, 15) is 18.4 Å². The smallest absolute Gasteiger partial charge is 0.288 e. The van der Waals surface area contributed by atoms with Gasteiger partial charge in [0.25, 0.3) is 17.6 Å². The number of rotatable bonds is 7. The summed E-state index contributed by atoms with van der Waals surface area (Å²) < 4.78 is 36.1. The molecule has 0 aromatic heterocycles. The minimum absolute atomic E-state index is 0.158. The molecule has 2 aromatic carbocycles. The van der Waals surface area contributed by atoms with E-state index in [-0.39, 0.29) is 18.6 Å². The van der Waals surface area contributed by atoms with Gasteiger partial charge in [0, 0.05) is 49.7 Å². The first-order valence-corrected chi connectivity index (χ1v) is 11.1. The molecular formula is C22H23F2N3O4S. The number of hydrogen-bond acceptors (Lipinski definition) is 6. The number of carbonyl (C=O) groups excluding carboxylic acids is 2. The van der Waals surface area contributed by atoms with Gasteiger partial charge in [0.15, 0.2) is 11.5 Å². The number of benzene rings is 2. The fourth-order valence-corrected chi connectivity index (χ4v) is 4.29. The first-order chi connectivity index (χ1) is 15.5. The summed E-state index contributed by atoms with van der Waals surface area (Å²) in [7, 11) is 0. The van der Waals surface area contributed by atoms with Crippen molar-refractivity contribution in [2.75, 3.05) is 46.1 Å². The minimum Gasteiger partial charge on any atom is -0.454 e. The molecule has 0 atom stereocenters. The van der Waals surface area contributed by atoms with E-state index in [2.05, 4.69) is 10.2 Å². The van der Waals surface area contributed by atoms with Gasteiger partial charge in [0.2, 0.25) is 6.79 Å². The molecule has 2 heterocycles. The molecule has 1 N–H and O–H groups in total. The van der Waals surface area contributed by atoms with Crippen molar-refractivity contribution in [2.24, 2.45) is 0 Å². The van der Waals surface area contributed by atoms with Gasteiger partial charge in [0.05, 0.1) is 5.56 Å². The summed E-state index contributed by atoms with van der Waals surface area (Å²) in [4.78, 5) is 29.3. The number of nitrogens with one attached hydrogen (secondary N) is 1. The Balaban J connectivity index is 1.23. The van der Waals surface area contributed by atoms with E-state index >= 15 is 0 Å². The Labute approximate surface area is 188 Å². The van der Waals surface area contributed by atoms with Crippen molar-refractivity contribution < 1.29 is 27.8 Å². The Morgan fingerprint density at radius 3 is 2.56 bits per heavy atom. The van der Waals surface area contributed by atoms with Crippen molar-refractivity contribution in [3.05, 3.63) is 53.6 Å². The second kappa shape index (κ2) is 10.2. The first kappa shape index (κ1) is 22.3. The van der Waals surface area contributed by atoms with Gasteiger partial charge in [0.1, 0.15) is 0 Å². The summed E-state index contributed by atoms with van der Waals surface area (Å²) in [6.07, 6.45) is 0. The molecule has 7 nitrogen and oxygen atoms in total. The molecule has 2 aromatic rings. The van der Waals surface area contributed by atoms with Crippen LogP contribution in [0.25, 0.3) is 0 Å². The lowest BCUT2D eigenvalue weighted by Crippen LogP contribution is -2.50. The van der Waals surface area contributed by atoms with E-state index in [1.165, 1.54) is 0 Å². The summed E-state index contributed by atoms with van der Waals surface area (Å²) >= 11 is 0.390. The number of fused-ring (bicyclic) bond motifs is 1. The number of nitrogens with zero attached hydrogens (tertiary/aromatic N) is 2. The van der Waals surface area contributed by atoms with Crippen LogP contribution in [0.3, 0.4) is 0 Å². The third-order valence-corrected chi connectivity index (χ3v) is 6.13. The van der Waals surface area contributed by atoms with Crippen molar-refractivity contribution >= 4 is 23.6 Å². The van der Waals surface area contributed by atoms with Gasteiger partial charge in [-0.2, -0.15) is 8.78 Å². The summed E-state index contributed by atoms with van der Waals surface area (Å²) in [5.74, 6) is -1.81. The van der Waals surface area contributed by atoms with E-state index in [0.29, 0.717) is 78.6 Å². The highest BCUT2D eigenvalue weighted by molar-refractivity contribution is 7.99. The van der Waals surface area contributed by atoms with Crippen LogP contribution in [0.2, 0.25) is 0 Å². The van der Waals surface area contributed by atoms with Crippen LogP contribution in [0.4, 0.5) is 8.78 Å². The monoisotopic (exact) mass is 463 g/mol. The van der Waals surface area contributed by atoms with E-state index in [0.717, 1.165) is 0 Å². The predicted molar refractivity (Wildman–Crippen MR) is 116 cm³/mol. The van der Waals surface area contributed by atoms with Crippen LogP contribution in [-0.2, 0) is 0 Å². The number of piperazine rings is 1. The van der Waals surface area contributed by atoms with Gasteiger partial charge in [-0.1, -0.05) is 23.9 Å². The van der Waals surface area contributed by atoms with Crippen LogP contribution in [0.5, 0.6) is 11.5 Å². The summed E-state index contributed by atoms with van der Waals surface area (Å²) in [6.45, 7) is 3.58. The number of alkyl halides is 2. The van der Waals surface area contributed by atoms with Crippen LogP contribution in [0.15, 0.2) is 47.4 Å². The van der Waals surface area contributed by atoms with Crippen LogP contribution in [-0.4, -0.2) is 73.4 Å². The standard InChI is InChI=1S/C22H23F2N3O4S/c23-22(24)32-19-4-2-1-3-16(19)21(29)27-11-9-26(10-12-27)8-7-25-20(28)15-5-6-17-18(13-15)31-14-30-17/h1-6,13,22H,7-12,14H2,(H,25,28). The van der Waals surface area contributed by atoms with Gasteiger partial charge in [-0.3, -0.25) is 14.5 Å². The Kier molecular flexibility index (Phi) is 7.11. The molecule has 10 heteroatoms. The minimum atomic E-state index is -2.58. The number of ether oxygens (including phenoxy) is 2. The molecule has 4 rings (SSSR count). The highest BCUT2D eigenvalue weighted by atomic mass is 32.2. The highest BCUT2D eigenvalue weighted by Gasteiger charge is 2.24. The van der Waals surface area contributed by atoms with Crippen molar-refractivity contribution in [3.63, 3.8) is 0 Å². The SMILES string of the molecule is O=C(NCCN1CCN(C(=O)c2ccccc2SC(F)F)CC1)c1ccc2c(c1)OCO2. The van der Waals surface area contributed by atoms with Crippen molar-refractivity contribution in [1.29, 1.82) is 0 Å². The maximum absolute atomic E-state index is 12.8. The average Bonchev–Trinajstić information content (AvgIpc) is 3.27. The molecule has 1 fully saturated rings. The largest absolute Gasteiger partial charge is 0.454 e. The average molecular weight is 464 g/mol. The molecule has 0 unspecified atom stereocenters. The zero-order valence-corrected chi connectivity index (χ0v) is 18.1. The van der Waals surface area contributed by atoms with Crippen LogP contribution in [0, 0.1) is 0 Å². The Morgan fingerprint density at radius 1 is 1.03 bits per heavy atom. The van der Waals surface area contributed by atoms with E-state index < -0.39 is 5.76 Å². The molecular weight excluding hydrogens is 440 g/mol. The molecule has 1 saturated heterocycles. The molecule has 0 bridgehead atoms. The van der Waals surface area contributed by atoms with Crippen LogP contribution in [0.1, 0.15) is 20.7 Å². The topological polar surface area (TPSA) is 71.1 Å². The second-order valence-corrected chi connectivity index (χ2v) is 8.36. The van der Waals surface area contributed by atoms with Gasteiger partial charge in [-0.15, -0.1) is 0 Å². The third kappa shape index (κ3) is 5.31. The Hall–Kier alpha value is -2.85. The molecule has 2 aliphatic rings. The van der Waals surface area contributed by atoms with Crippen molar-refractivity contribution in [3.8, 4) is 11.5 Å².